The summed E-state index contributed by atoms with van der Waals surface area (Å²) in [5.74, 6) is 0.508. The average Bonchev–Trinajstić information content (AvgIpc) is 2.38. The Kier molecular flexibility index (Phi) is 6.39. The summed E-state index contributed by atoms with van der Waals surface area (Å²) in [4.78, 5) is 11.7. The van der Waals surface area contributed by atoms with Crippen LogP contribution in [-0.4, -0.2) is 17.6 Å². The van der Waals surface area contributed by atoms with E-state index in [9.17, 15) is 4.79 Å². The minimum atomic E-state index is 0.0187. The van der Waals surface area contributed by atoms with Crippen molar-refractivity contribution in [2.45, 2.75) is 32.8 Å². The van der Waals surface area contributed by atoms with Gasteiger partial charge in [0.1, 0.15) is 0 Å². The van der Waals surface area contributed by atoms with Gasteiger partial charge in [0.2, 0.25) is 5.91 Å². The van der Waals surface area contributed by atoms with Crippen LogP contribution in [0.25, 0.3) is 0 Å². The van der Waals surface area contributed by atoms with Gasteiger partial charge in [-0.05, 0) is 43.0 Å². The van der Waals surface area contributed by atoms with E-state index in [-0.39, 0.29) is 12.5 Å². The molecule has 0 radical (unpaired) electrons. The predicted molar refractivity (Wildman–Crippen MR) is 73.1 cm³/mol. The van der Waals surface area contributed by atoms with E-state index in [2.05, 4.69) is 12.2 Å². The Morgan fingerprint density at radius 1 is 1.33 bits per heavy atom. The molecule has 100 valence electrons. The molecular formula is C14H22N2O2. The summed E-state index contributed by atoms with van der Waals surface area (Å²) in [5, 5.41) is 11.7. The Morgan fingerprint density at radius 3 is 2.56 bits per heavy atom. The standard InChI is InChI=1S/C14H22N2O2/c1-11(8-9-15)2-7-14(18)16-13-5-3-12(10-17)4-6-13/h3-6,11,17H,2,7-10,15H2,1H3,(H,16,18). The number of hydrogen-bond donors (Lipinski definition) is 3. The normalized spacial score (nSPS) is 12.2. The molecular weight excluding hydrogens is 228 g/mol. The molecule has 1 aromatic rings. The number of rotatable bonds is 7. The fraction of sp³-hybridized carbons (Fsp3) is 0.500. The monoisotopic (exact) mass is 250 g/mol. The van der Waals surface area contributed by atoms with Gasteiger partial charge >= 0.3 is 0 Å². The van der Waals surface area contributed by atoms with Crippen molar-refractivity contribution < 1.29 is 9.90 Å². The van der Waals surface area contributed by atoms with Gasteiger partial charge in [-0.25, -0.2) is 0 Å². The second kappa shape index (κ2) is 7.84. The van der Waals surface area contributed by atoms with Crippen molar-refractivity contribution in [2.75, 3.05) is 11.9 Å². The Hall–Kier alpha value is -1.39. The summed E-state index contributed by atoms with van der Waals surface area (Å²) in [6.45, 7) is 2.80. The van der Waals surface area contributed by atoms with Gasteiger partial charge in [0.05, 0.1) is 6.61 Å². The first-order valence-electron chi connectivity index (χ1n) is 6.35. The first-order valence-corrected chi connectivity index (χ1v) is 6.35. The number of benzene rings is 1. The number of hydrogen-bond acceptors (Lipinski definition) is 3. The van der Waals surface area contributed by atoms with E-state index in [0.717, 1.165) is 24.1 Å². The van der Waals surface area contributed by atoms with Crippen molar-refractivity contribution in [3.8, 4) is 0 Å². The second-order valence-electron chi connectivity index (χ2n) is 4.62. The molecule has 4 N–H and O–H groups in total. The zero-order chi connectivity index (χ0) is 13.4. The first-order chi connectivity index (χ1) is 8.65. The van der Waals surface area contributed by atoms with Crippen LogP contribution in [0.2, 0.25) is 0 Å². The van der Waals surface area contributed by atoms with Crippen molar-refractivity contribution >= 4 is 11.6 Å². The molecule has 0 aliphatic carbocycles. The zero-order valence-electron chi connectivity index (χ0n) is 10.9. The highest BCUT2D eigenvalue weighted by Crippen LogP contribution is 2.12. The van der Waals surface area contributed by atoms with Crippen LogP contribution in [0.3, 0.4) is 0 Å². The molecule has 0 saturated carbocycles. The quantitative estimate of drug-likeness (QED) is 0.691. The molecule has 1 rings (SSSR count). The lowest BCUT2D eigenvalue weighted by atomic mass is 10.0. The fourth-order valence-electron chi connectivity index (χ4n) is 1.72. The zero-order valence-corrected chi connectivity index (χ0v) is 10.9. The van der Waals surface area contributed by atoms with Crippen molar-refractivity contribution in [2.24, 2.45) is 11.7 Å². The number of carbonyl (C=O) groups excluding carboxylic acids is 1. The third kappa shape index (κ3) is 5.29. The molecule has 18 heavy (non-hydrogen) atoms. The maximum Gasteiger partial charge on any atom is 0.224 e. The van der Waals surface area contributed by atoms with Crippen LogP contribution in [0.1, 0.15) is 31.7 Å². The van der Waals surface area contributed by atoms with Gasteiger partial charge in [0, 0.05) is 12.1 Å². The lowest BCUT2D eigenvalue weighted by molar-refractivity contribution is -0.116. The fourth-order valence-corrected chi connectivity index (χ4v) is 1.72. The summed E-state index contributed by atoms with van der Waals surface area (Å²) in [6, 6.07) is 7.19. The van der Waals surface area contributed by atoms with E-state index < -0.39 is 0 Å². The molecule has 0 fully saturated rings. The molecule has 0 aromatic heterocycles. The van der Waals surface area contributed by atoms with E-state index in [1.165, 1.54) is 0 Å². The molecule has 1 amide bonds. The van der Waals surface area contributed by atoms with Crippen LogP contribution < -0.4 is 11.1 Å². The van der Waals surface area contributed by atoms with Crippen molar-refractivity contribution in [3.63, 3.8) is 0 Å². The molecule has 0 aliphatic rings. The molecule has 0 saturated heterocycles. The minimum Gasteiger partial charge on any atom is -0.392 e. The van der Waals surface area contributed by atoms with Gasteiger partial charge in [0.15, 0.2) is 0 Å². The maximum atomic E-state index is 11.7. The Bertz CT molecular complexity index is 363. The van der Waals surface area contributed by atoms with Crippen LogP contribution in [-0.2, 0) is 11.4 Å². The molecule has 0 heterocycles. The molecule has 1 aromatic carbocycles. The van der Waals surface area contributed by atoms with Crippen LogP contribution >= 0.6 is 0 Å². The molecule has 0 aliphatic heterocycles. The second-order valence-corrected chi connectivity index (χ2v) is 4.62. The molecule has 4 nitrogen and oxygen atoms in total. The van der Waals surface area contributed by atoms with Crippen LogP contribution in [0.4, 0.5) is 5.69 Å². The van der Waals surface area contributed by atoms with Gasteiger partial charge in [-0.3, -0.25) is 4.79 Å². The van der Waals surface area contributed by atoms with E-state index in [1.807, 2.05) is 0 Å². The number of aliphatic hydroxyl groups excluding tert-OH is 1. The van der Waals surface area contributed by atoms with Gasteiger partial charge in [-0.15, -0.1) is 0 Å². The number of nitrogens with one attached hydrogen (secondary N) is 1. The highest BCUT2D eigenvalue weighted by atomic mass is 16.3. The third-order valence-corrected chi connectivity index (χ3v) is 2.94. The summed E-state index contributed by atoms with van der Waals surface area (Å²) >= 11 is 0. The molecule has 4 heteroatoms. The lowest BCUT2D eigenvalue weighted by Gasteiger charge is -2.10. The van der Waals surface area contributed by atoms with Gasteiger partial charge in [0.25, 0.3) is 0 Å². The van der Waals surface area contributed by atoms with Crippen LogP contribution in [0, 0.1) is 5.92 Å². The minimum absolute atomic E-state index is 0.0187. The van der Waals surface area contributed by atoms with Gasteiger partial charge in [-0.2, -0.15) is 0 Å². The van der Waals surface area contributed by atoms with E-state index >= 15 is 0 Å². The van der Waals surface area contributed by atoms with Crippen molar-refractivity contribution in [3.05, 3.63) is 29.8 Å². The SMILES string of the molecule is CC(CCN)CCC(=O)Nc1ccc(CO)cc1. The molecule has 0 spiro atoms. The number of anilines is 1. The molecule has 1 unspecified atom stereocenters. The van der Waals surface area contributed by atoms with E-state index in [0.29, 0.717) is 18.9 Å². The highest BCUT2D eigenvalue weighted by Gasteiger charge is 2.06. The molecule has 0 bridgehead atoms. The van der Waals surface area contributed by atoms with Gasteiger partial charge < -0.3 is 16.2 Å². The third-order valence-electron chi connectivity index (χ3n) is 2.94. The highest BCUT2D eigenvalue weighted by molar-refractivity contribution is 5.90. The topological polar surface area (TPSA) is 75.4 Å². The van der Waals surface area contributed by atoms with E-state index in [4.69, 9.17) is 10.8 Å². The first kappa shape index (κ1) is 14.7. The molecule has 1 atom stereocenters. The average molecular weight is 250 g/mol. The van der Waals surface area contributed by atoms with Gasteiger partial charge in [-0.1, -0.05) is 19.1 Å². The largest absolute Gasteiger partial charge is 0.392 e. The summed E-state index contributed by atoms with van der Waals surface area (Å²) in [7, 11) is 0. The Morgan fingerprint density at radius 2 is 2.00 bits per heavy atom. The summed E-state index contributed by atoms with van der Waals surface area (Å²) in [6.07, 6.45) is 2.33. The smallest absolute Gasteiger partial charge is 0.224 e. The number of aliphatic hydroxyl groups is 1. The van der Waals surface area contributed by atoms with Crippen LogP contribution in [0.5, 0.6) is 0 Å². The Labute approximate surface area is 108 Å². The summed E-state index contributed by atoms with van der Waals surface area (Å²) in [5.41, 5.74) is 7.07. The lowest BCUT2D eigenvalue weighted by Crippen LogP contribution is -2.14. The summed E-state index contributed by atoms with van der Waals surface area (Å²) < 4.78 is 0. The van der Waals surface area contributed by atoms with Crippen molar-refractivity contribution in [1.29, 1.82) is 0 Å². The number of nitrogens with two attached hydrogens (primary N) is 1. The number of amides is 1. The predicted octanol–water partition coefficient (Wildman–Crippen LogP) is 1.88. The maximum absolute atomic E-state index is 11.7. The van der Waals surface area contributed by atoms with E-state index in [1.54, 1.807) is 24.3 Å². The van der Waals surface area contributed by atoms with Crippen LogP contribution in [0.15, 0.2) is 24.3 Å². The number of carbonyl (C=O) groups is 1. The Balaban J connectivity index is 2.35. The van der Waals surface area contributed by atoms with Crippen molar-refractivity contribution in [1.82, 2.24) is 0 Å².